The van der Waals surface area contributed by atoms with Gasteiger partial charge >= 0.3 is 0 Å². The molecule has 3 aliphatic rings. The SMILES string of the molecule is CC/C=C\C/C=C\C/C=C\C/C=C\C/C=C\CCCC(=O)NC(COC1OC(CO)C(OC2OC(CO)C(OC3OC(CO)C(O)C(O)C3O)C(O)C2O)C(O)C1O)C(O)CCCCCCCCC. The van der Waals surface area contributed by atoms with Crippen LogP contribution >= 0.6 is 0 Å². The van der Waals surface area contributed by atoms with Crippen molar-refractivity contribution in [1.82, 2.24) is 5.32 Å². The molecule has 12 N–H and O–H groups in total. The van der Waals surface area contributed by atoms with E-state index in [4.69, 9.17) is 28.4 Å². The Bertz CT molecular complexity index is 1510. The average Bonchev–Trinajstić information content (AvgIpc) is 3.34. The summed E-state index contributed by atoms with van der Waals surface area (Å²) in [5.41, 5.74) is 0. The maximum atomic E-state index is 13.2. The normalized spacial score (nSPS) is 33.4. The molecule has 3 rings (SSSR count). The van der Waals surface area contributed by atoms with Crippen LogP contribution in [0.5, 0.6) is 0 Å². The second-order valence-electron chi connectivity index (χ2n) is 17.9. The molecular weight excluding hydrogens is 903 g/mol. The lowest BCUT2D eigenvalue weighted by atomic mass is 9.96. The maximum Gasteiger partial charge on any atom is 0.220 e. The van der Waals surface area contributed by atoms with Gasteiger partial charge in [0.1, 0.15) is 73.2 Å². The predicted molar refractivity (Wildman–Crippen MR) is 254 cm³/mol. The van der Waals surface area contributed by atoms with Crippen molar-refractivity contribution in [2.45, 2.75) is 221 Å². The summed E-state index contributed by atoms with van der Waals surface area (Å²) in [7, 11) is 0. The van der Waals surface area contributed by atoms with E-state index < -0.39 is 124 Å². The molecule has 3 heterocycles. The van der Waals surface area contributed by atoms with E-state index in [1.165, 1.54) is 6.42 Å². The Labute approximate surface area is 407 Å². The van der Waals surface area contributed by atoms with Gasteiger partial charge in [0.15, 0.2) is 18.9 Å². The van der Waals surface area contributed by atoms with Crippen molar-refractivity contribution >= 4 is 5.91 Å². The second kappa shape index (κ2) is 34.8. The highest BCUT2D eigenvalue weighted by Crippen LogP contribution is 2.33. The Morgan fingerprint density at radius 3 is 1.51 bits per heavy atom. The number of carbonyl (C=O) groups excluding carboxylic acids is 1. The van der Waals surface area contributed by atoms with Gasteiger partial charge in [-0.25, -0.2) is 0 Å². The summed E-state index contributed by atoms with van der Waals surface area (Å²) >= 11 is 0. The number of unbranched alkanes of at least 4 members (excludes halogenated alkanes) is 7. The highest BCUT2D eigenvalue weighted by Gasteiger charge is 2.53. The molecule has 19 heteroatoms. The zero-order valence-corrected chi connectivity index (χ0v) is 40.5. The molecule has 398 valence electrons. The molecule has 3 saturated heterocycles. The van der Waals surface area contributed by atoms with E-state index in [-0.39, 0.29) is 18.9 Å². The van der Waals surface area contributed by atoms with Gasteiger partial charge in [0.05, 0.1) is 38.6 Å². The molecule has 17 unspecified atom stereocenters. The van der Waals surface area contributed by atoms with E-state index in [2.05, 4.69) is 67.8 Å². The minimum atomic E-state index is -1.98. The maximum absolute atomic E-state index is 13.2. The van der Waals surface area contributed by atoms with Crippen LogP contribution in [-0.4, -0.2) is 193 Å². The van der Waals surface area contributed by atoms with Crippen molar-refractivity contribution < 1.29 is 89.4 Å². The third-order valence-electron chi connectivity index (χ3n) is 12.4. The first-order chi connectivity index (χ1) is 33.3. The first kappa shape index (κ1) is 60.8. The van der Waals surface area contributed by atoms with Crippen LogP contribution in [0.2, 0.25) is 0 Å². The smallest absolute Gasteiger partial charge is 0.220 e. The number of nitrogens with one attached hydrogen (secondary N) is 1. The van der Waals surface area contributed by atoms with Gasteiger partial charge < -0.3 is 89.9 Å². The van der Waals surface area contributed by atoms with E-state index in [1.54, 1.807) is 0 Å². The van der Waals surface area contributed by atoms with E-state index in [0.29, 0.717) is 25.7 Å². The first-order valence-corrected chi connectivity index (χ1v) is 25.0. The van der Waals surface area contributed by atoms with Crippen molar-refractivity contribution in [1.29, 1.82) is 0 Å². The summed E-state index contributed by atoms with van der Waals surface area (Å²) in [4.78, 5) is 13.2. The van der Waals surface area contributed by atoms with Crippen molar-refractivity contribution in [2.24, 2.45) is 0 Å². The van der Waals surface area contributed by atoms with Crippen LogP contribution < -0.4 is 5.32 Å². The first-order valence-electron chi connectivity index (χ1n) is 25.0. The summed E-state index contributed by atoms with van der Waals surface area (Å²) in [6.07, 6.45) is 8.03. The fraction of sp³-hybridized carbons (Fsp3) is 0.780. The van der Waals surface area contributed by atoms with Crippen molar-refractivity contribution in [3.8, 4) is 0 Å². The summed E-state index contributed by atoms with van der Waals surface area (Å²) < 4.78 is 34.0. The number of rotatable bonds is 33. The highest BCUT2D eigenvalue weighted by atomic mass is 16.8. The number of hydrogen-bond donors (Lipinski definition) is 12. The number of ether oxygens (including phenoxy) is 6. The molecule has 0 aromatic heterocycles. The Kier molecular flexibility index (Phi) is 30.6. The molecule has 17 atom stereocenters. The standard InChI is InChI=1S/C50H85NO18/c1-3-5-7-9-11-12-13-14-15-16-17-18-19-20-22-24-26-28-38(56)51-33(34(55)27-25-23-21-10-8-6-4-2)32-64-48-44(62)41(59)46(36(30-53)66-48)69-50-45(63)42(60)47(37(31-54)67-50)68-49-43(61)40(58)39(57)35(29-52)65-49/h5,7,11-12,14-15,17-18,20,22,33-37,39-50,52-55,57-63H,3-4,6,8-10,13,16,19,21,23-32H2,1-2H3,(H,51,56)/b7-5-,12-11-,15-14-,18-17-,22-20-. The van der Waals surface area contributed by atoms with Crippen LogP contribution in [0.4, 0.5) is 0 Å². The van der Waals surface area contributed by atoms with Crippen molar-refractivity contribution in [3.05, 3.63) is 60.8 Å². The molecule has 69 heavy (non-hydrogen) atoms. The zero-order chi connectivity index (χ0) is 50.6. The summed E-state index contributed by atoms with van der Waals surface area (Å²) in [6, 6.07) is -0.915. The fourth-order valence-electron chi connectivity index (χ4n) is 8.17. The molecule has 0 bridgehead atoms. The van der Waals surface area contributed by atoms with E-state index in [9.17, 15) is 61.0 Å². The van der Waals surface area contributed by atoms with Crippen LogP contribution in [0.1, 0.15) is 117 Å². The topological polar surface area (TPSA) is 307 Å². The van der Waals surface area contributed by atoms with Gasteiger partial charge in [0, 0.05) is 6.42 Å². The molecule has 0 aromatic rings. The molecule has 0 radical (unpaired) electrons. The van der Waals surface area contributed by atoms with Crippen molar-refractivity contribution in [3.63, 3.8) is 0 Å². The number of allylic oxidation sites excluding steroid dienone is 10. The van der Waals surface area contributed by atoms with Crippen LogP contribution in [0.15, 0.2) is 60.8 Å². The zero-order valence-electron chi connectivity index (χ0n) is 40.5. The number of hydrogen-bond acceptors (Lipinski definition) is 18. The minimum Gasteiger partial charge on any atom is -0.394 e. The van der Waals surface area contributed by atoms with Gasteiger partial charge in [-0.05, 0) is 51.4 Å². The second-order valence-corrected chi connectivity index (χ2v) is 17.9. The Balaban J connectivity index is 1.55. The van der Waals surface area contributed by atoms with Gasteiger partial charge in [0.2, 0.25) is 5.91 Å². The van der Waals surface area contributed by atoms with Crippen LogP contribution in [0.25, 0.3) is 0 Å². The van der Waals surface area contributed by atoms with Crippen LogP contribution in [0.3, 0.4) is 0 Å². The summed E-state index contributed by atoms with van der Waals surface area (Å²) in [5, 5.41) is 119. The quantitative estimate of drug-likeness (QED) is 0.0326. The lowest BCUT2D eigenvalue weighted by Crippen LogP contribution is -2.66. The third kappa shape index (κ3) is 20.9. The van der Waals surface area contributed by atoms with Gasteiger partial charge in [0.25, 0.3) is 0 Å². The minimum absolute atomic E-state index is 0.184. The molecule has 0 aliphatic carbocycles. The lowest BCUT2D eigenvalue weighted by Gasteiger charge is -2.48. The largest absolute Gasteiger partial charge is 0.394 e. The Morgan fingerprint density at radius 2 is 0.986 bits per heavy atom. The van der Waals surface area contributed by atoms with Gasteiger partial charge in [-0.3, -0.25) is 4.79 Å². The van der Waals surface area contributed by atoms with E-state index in [1.807, 2.05) is 12.2 Å². The Morgan fingerprint density at radius 1 is 0.536 bits per heavy atom. The number of aliphatic hydroxyl groups is 11. The number of amides is 1. The average molecular weight is 988 g/mol. The van der Waals surface area contributed by atoms with Crippen molar-refractivity contribution in [2.75, 3.05) is 26.4 Å². The molecule has 3 fully saturated rings. The molecule has 3 aliphatic heterocycles. The molecule has 0 aromatic carbocycles. The van der Waals surface area contributed by atoms with Gasteiger partial charge in [-0.2, -0.15) is 0 Å². The molecule has 0 spiro atoms. The monoisotopic (exact) mass is 988 g/mol. The molecule has 0 saturated carbocycles. The lowest BCUT2D eigenvalue weighted by molar-refractivity contribution is -0.379. The molecule has 19 nitrogen and oxygen atoms in total. The van der Waals surface area contributed by atoms with Crippen LogP contribution in [0, 0.1) is 0 Å². The molecular formula is C50H85NO18. The fourth-order valence-corrected chi connectivity index (χ4v) is 8.17. The number of aliphatic hydroxyl groups excluding tert-OH is 11. The number of carbonyl (C=O) groups is 1. The summed E-state index contributed by atoms with van der Waals surface area (Å²) in [6.45, 7) is 1.51. The van der Waals surface area contributed by atoms with Gasteiger partial charge in [-0.15, -0.1) is 0 Å². The Hall–Kier alpha value is -2.51. The van der Waals surface area contributed by atoms with E-state index >= 15 is 0 Å². The van der Waals surface area contributed by atoms with Crippen LogP contribution in [-0.2, 0) is 33.2 Å². The summed E-state index contributed by atoms with van der Waals surface area (Å²) in [5.74, 6) is -0.309. The van der Waals surface area contributed by atoms with E-state index in [0.717, 1.165) is 64.2 Å². The van der Waals surface area contributed by atoms with Gasteiger partial charge in [-0.1, -0.05) is 120 Å². The predicted octanol–water partition coefficient (Wildman–Crippen LogP) is 1.36. The third-order valence-corrected chi connectivity index (χ3v) is 12.4. The highest BCUT2D eigenvalue weighted by molar-refractivity contribution is 5.76. The molecule has 1 amide bonds.